The maximum Gasteiger partial charge on any atom is 0.274 e. The second kappa shape index (κ2) is 5.95. The van der Waals surface area contributed by atoms with Crippen LogP contribution in [0.4, 0.5) is 0 Å². The van der Waals surface area contributed by atoms with Gasteiger partial charge in [0.1, 0.15) is 0 Å². The van der Waals surface area contributed by atoms with Crippen LogP contribution in [0.2, 0.25) is 0 Å². The van der Waals surface area contributed by atoms with E-state index in [0.29, 0.717) is 24.1 Å². The molecule has 0 spiro atoms. The van der Waals surface area contributed by atoms with Crippen LogP contribution in [0, 0.1) is 5.92 Å². The first kappa shape index (κ1) is 15.0. The molecule has 1 saturated heterocycles. The number of rotatable bonds is 3. The summed E-state index contributed by atoms with van der Waals surface area (Å²) in [7, 11) is 1.89. The number of nitrogens with two attached hydrogens (primary N) is 1. The molecule has 0 unspecified atom stereocenters. The molecule has 2 heterocycles. The number of carbonyl (C=O) groups is 1. The van der Waals surface area contributed by atoms with Crippen LogP contribution >= 0.6 is 0 Å². The third kappa shape index (κ3) is 2.73. The van der Waals surface area contributed by atoms with Crippen LogP contribution in [0.1, 0.15) is 55.7 Å². The lowest BCUT2D eigenvalue weighted by Gasteiger charge is -2.39. The van der Waals surface area contributed by atoms with Crippen molar-refractivity contribution in [3.8, 4) is 0 Å². The zero-order valence-electron chi connectivity index (χ0n) is 13.0. The summed E-state index contributed by atoms with van der Waals surface area (Å²) in [5.74, 6) is 0.847. The lowest BCUT2D eigenvalue weighted by Crippen LogP contribution is -2.51. The van der Waals surface area contributed by atoms with E-state index in [1.165, 1.54) is 0 Å². The molecule has 20 heavy (non-hydrogen) atoms. The molecule has 2 rings (SSSR count). The Labute approximate surface area is 121 Å². The van der Waals surface area contributed by atoms with Gasteiger partial charge in [0.15, 0.2) is 5.69 Å². The number of aromatic nitrogens is 2. The standard InChI is InChI=1S/C15H26N4O/c1-10(2)13-8-12(17-18(13)4)15(20)19-7-5-6-11(3)14(19)9-16/h8,10-11,14H,5-7,9,16H2,1-4H3/t11-,14-/m0/s1. The number of piperidine rings is 1. The molecular weight excluding hydrogens is 252 g/mol. The number of hydrogen-bond acceptors (Lipinski definition) is 3. The molecule has 1 amide bonds. The maximum absolute atomic E-state index is 12.7. The molecule has 2 atom stereocenters. The van der Waals surface area contributed by atoms with Gasteiger partial charge in [-0.1, -0.05) is 20.8 Å². The Morgan fingerprint density at radius 2 is 2.25 bits per heavy atom. The predicted octanol–water partition coefficient (Wildman–Crippen LogP) is 1.74. The van der Waals surface area contributed by atoms with Crippen molar-refractivity contribution in [2.45, 2.75) is 45.6 Å². The quantitative estimate of drug-likeness (QED) is 0.916. The Hall–Kier alpha value is -1.36. The van der Waals surface area contributed by atoms with Gasteiger partial charge in [-0.3, -0.25) is 9.48 Å². The molecule has 112 valence electrons. The molecule has 1 fully saturated rings. The second-order valence-electron chi connectivity index (χ2n) is 6.15. The van der Waals surface area contributed by atoms with Crippen LogP contribution in [-0.2, 0) is 7.05 Å². The first-order chi connectivity index (χ1) is 9.45. The van der Waals surface area contributed by atoms with Crippen molar-refractivity contribution in [2.75, 3.05) is 13.1 Å². The minimum absolute atomic E-state index is 0.0227. The molecule has 2 N–H and O–H groups in total. The highest BCUT2D eigenvalue weighted by atomic mass is 16.2. The highest BCUT2D eigenvalue weighted by molar-refractivity contribution is 5.92. The van der Waals surface area contributed by atoms with E-state index in [9.17, 15) is 4.79 Å². The molecule has 0 bridgehead atoms. The summed E-state index contributed by atoms with van der Waals surface area (Å²) >= 11 is 0. The van der Waals surface area contributed by atoms with Crippen molar-refractivity contribution >= 4 is 5.91 Å². The van der Waals surface area contributed by atoms with Crippen molar-refractivity contribution in [3.05, 3.63) is 17.5 Å². The Morgan fingerprint density at radius 1 is 1.55 bits per heavy atom. The van der Waals surface area contributed by atoms with E-state index in [-0.39, 0.29) is 11.9 Å². The van der Waals surface area contributed by atoms with E-state index in [4.69, 9.17) is 5.73 Å². The lowest BCUT2D eigenvalue weighted by atomic mass is 9.90. The third-order valence-corrected chi connectivity index (χ3v) is 4.34. The topological polar surface area (TPSA) is 64.2 Å². The van der Waals surface area contributed by atoms with Crippen LogP contribution in [0.15, 0.2) is 6.07 Å². The molecule has 1 aromatic heterocycles. The average Bonchev–Trinajstić information content (AvgIpc) is 2.80. The van der Waals surface area contributed by atoms with Gasteiger partial charge in [-0.25, -0.2) is 0 Å². The first-order valence-corrected chi connectivity index (χ1v) is 7.50. The van der Waals surface area contributed by atoms with Crippen molar-refractivity contribution in [3.63, 3.8) is 0 Å². The van der Waals surface area contributed by atoms with Crippen molar-refractivity contribution in [1.29, 1.82) is 0 Å². The maximum atomic E-state index is 12.7. The van der Waals surface area contributed by atoms with E-state index in [0.717, 1.165) is 25.1 Å². The number of carbonyl (C=O) groups excluding carboxylic acids is 1. The highest BCUT2D eigenvalue weighted by Gasteiger charge is 2.32. The van der Waals surface area contributed by atoms with Gasteiger partial charge in [0.05, 0.1) is 0 Å². The number of aryl methyl sites for hydroxylation is 1. The molecule has 0 saturated carbocycles. The van der Waals surface area contributed by atoms with Crippen LogP contribution in [0.5, 0.6) is 0 Å². The van der Waals surface area contributed by atoms with Crippen molar-refractivity contribution in [2.24, 2.45) is 18.7 Å². The van der Waals surface area contributed by atoms with E-state index in [1.54, 1.807) is 0 Å². The van der Waals surface area contributed by atoms with Gasteiger partial charge in [-0.2, -0.15) is 5.10 Å². The van der Waals surface area contributed by atoms with Gasteiger partial charge in [-0.05, 0) is 30.7 Å². The molecule has 1 aliphatic rings. The summed E-state index contributed by atoms with van der Waals surface area (Å²) in [6, 6.07) is 2.06. The smallest absolute Gasteiger partial charge is 0.274 e. The third-order valence-electron chi connectivity index (χ3n) is 4.34. The minimum Gasteiger partial charge on any atom is -0.333 e. The zero-order chi connectivity index (χ0) is 14.9. The van der Waals surface area contributed by atoms with Crippen LogP contribution in [0.3, 0.4) is 0 Å². The lowest BCUT2D eigenvalue weighted by molar-refractivity contribution is 0.0526. The monoisotopic (exact) mass is 278 g/mol. The van der Waals surface area contributed by atoms with Gasteiger partial charge in [0.2, 0.25) is 0 Å². The number of hydrogen-bond donors (Lipinski definition) is 1. The molecule has 1 aliphatic heterocycles. The molecule has 0 radical (unpaired) electrons. The second-order valence-corrected chi connectivity index (χ2v) is 6.15. The summed E-state index contributed by atoms with van der Waals surface area (Å²) in [5.41, 5.74) is 7.49. The molecule has 0 aromatic carbocycles. The Kier molecular flexibility index (Phi) is 4.48. The molecule has 1 aromatic rings. The van der Waals surface area contributed by atoms with Crippen molar-refractivity contribution in [1.82, 2.24) is 14.7 Å². The van der Waals surface area contributed by atoms with Gasteiger partial charge in [-0.15, -0.1) is 0 Å². The van der Waals surface area contributed by atoms with Crippen LogP contribution in [-0.4, -0.2) is 39.7 Å². The Morgan fingerprint density at radius 3 is 2.80 bits per heavy atom. The van der Waals surface area contributed by atoms with Gasteiger partial charge in [0.25, 0.3) is 5.91 Å². The summed E-state index contributed by atoms with van der Waals surface area (Å²) in [5, 5.41) is 4.39. The number of likely N-dealkylation sites (tertiary alicyclic amines) is 1. The summed E-state index contributed by atoms with van der Waals surface area (Å²) in [4.78, 5) is 14.6. The average molecular weight is 278 g/mol. The molecule has 0 aliphatic carbocycles. The Bertz CT molecular complexity index is 480. The van der Waals surface area contributed by atoms with E-state index < -0.39 is 0 Å². The van der Waals surface area contributed by atoms with E-state index in [1.807, 2.05) is 22.7 Å². The van der Waals surface area contributed by atoms with E-state index in [2.05, 4.69) is 25.9 Å². The van der Waals surface area contributed by atoms with Crippen molar-refractivity contribution < 1.29 is 4.79 Å². The summed E-state index contributed by atoms with van der Waals surface area (Å²) in [6.45, 7) is 7.71. The fourth-order valence-electron chi connectivity index (χ4n) is 3.13. The molecule has 5 heteroatoms. The minimum atomic E-state index is 0.0227. The predicted molar refractivity (Wildman–Crippen MR) is 79.6 cm³/mol. The van der Waals surface area contributed by atoms with Gasteiger partial charge in [0, 0.05) is 31.9 Å². The largest absolute Gasteiger partial charge is 0.333 e. The SMILES string of the molecule is CC(C)c1cc(C(=O)N2CCC[C@H](C)[C@@H]2CN)nn1C. The summed E-state index contributed by atoms with van der Waals surface area (Å²) < 4.78 is 1.81. The molecule has 5 nitrogen and oxygen atoms in total. The zero-order valence-corrected chi connectivity index (χ0v) is 13.0. The van der Waals surface area contributed by atoms with E-state index >= 15 is 0 Å². The van der Waals surface area contributed by atoms with Gasteiger partial charge < -0.3 is 10.6 Å². The van der Waals surface area contributed by atoms with Crippen LogP contribution < -0.4 is 5.73 Å². The fourth-order valence-corrected chi connectivity index (χ4v) is 3.13. The first-order valence-electron chi connectivity index (χ1n) is 7.50. The normalized spacial score (nSPS) is 23.4. The number of amides is 1. The molecular formula is C15H26N4O. The number of nitrogens with zero attached hydrogens (tertiary/aromatic N) is 3. The fraction of sp³-hybridized carbons (Fsp3) is 0.733. The highest BCUT2D eigenvalue weighted by Crippen LogP contribution is 2.25. The van der Waals surface area contributed by atoms with Gasteiger partial charge >= 0.3 is 0 Å². The summed E-state index contributed by atoms with van der Waals surface area (Å²) in [6.07, 6.45) is 2.19. The van der Waals surface area contributed by atoms with Crippen LogP contribution in [0.25, 0.3) is 0 Å². The Balaban J connectivity index is 2.23.